The van der Waals surface area contributed by atoms with Crippen LogP contribution in [0.2, 0.25) is 0 Å². The maximum absolute atomic E-state index is 12.6. The largest absolute Gasteiger partial charge is 0.463 e. The predicted octanol–water partition coefficient (Wildman–Crippen LogP) is 5.01. The molecule has 1 atom stereocenters. The number of hydrogen-bond donors (Lipinski definition) is 2. The van der Waals surface area contributed by atoms with Crippen molar-refractivity contribution in [2.24, 2.45) is 0 Å². The smallest absolute Gasteiger partial charge is 0.338 e. The van der Waals surface area contributed by atoms with Crippen molar-refractivity contribution in [3.05, 3.63) is 82.1 Å². The van der Waals surface area contributed by atoms with E-state index in [1.54, 1.807) is 13.8 Å². The molecule has 2 N–H and O–H groups in total. The maximum Gasteiger partial charge on any atom is 0.338 e. The lowest BCUT2D eigenvalue weighted by atomic mass is 9.92. The van der Waals surface area contributed by atoms with E-state index in [1.165, 1.54) is 24.8 Å². The van der Waals surface area contributed by atoms with Gasteiger partial charge in [0.25, 0.3) is 0 Å². The summed E-state index contributed by atoms with van der Waals surface area (Å²) in [6, 6.07) is 14.9. The number of esters is 1. The quantitative estimate of drug-likeness (QED) is 0.369. The normalized spacial score (nSPS) is 15.3. The third kappa shape index (κ3) is 5.79. The van der Waals surface area contributed by atoms with Crippen molar-refractivity contribution in [1.82, 2.24) is 10.6 Å². The van der Waals surface area contributed by atoms with Gasteiger partial charge in [-0.05, 0) is 56.0 Å². The first-order valence-corrected chi connectivity index (χ1v) is 11.2. The van der Waals surface area contributed by atoms with Gasteiger partial charge in [0, 0.05) is 16.8 Å². The lowest BCUT2D eigenvalue weighted by Gasteiger charge is -2.28. The van der Waals surface area contributed by atoms with Crippen molar-refractivity contribution >= 4 is 12.0 Å². The number of allylic oxidation sites excluding steroid dienone is 1. The van der Waals surface area contributed by atoms with Gasteiger partial charge in [0.15, 0.2) is 0 Å². The number of ether oxygens (including phenoxy) is 1. The number of amides is 2. The first-order chi connectivity index (χ1) is 15.5. The average molecular weight is 431 g/mol. The fraction of sp³-hybridized carbons (Fsp3) is 0.333. The molecule has 0 saturated heterocycles. The molecule has 0 spiro atoms. The Bertz CT molecular complexity index is 1060. The van der Waals surface area contributed by atoms with Gasteiger partial charge in [0.05, 0.1) is 18.2 Å². The molecular formula is C27H30N2O3. The van der Waals surface area contributed by atoms with E-state index in [4.69, 9.17) is 4.74 Å². The minimum absolute atomic E-state index is 0.256. The van der Waals surface area contributed by atoms with E-state index in [0.717, 1.165) is 23.1 Å². The molecule has 2 aromatic carbocycles. The first kappa shape index (κ1) is 23.1. The molecule has 0 saturated carbocycles. The van der Waals surface area contributed by atoms with Crippen LogP contribution in [-0.2, 0) is 16.0 Å². The van der Waals surface area contributed by atoms with E-state index in [-0.39, 0.29) is 12.6 Å². The molecule has 5 heteroatoms. The van der Waals surface area contributed by atoms with E-state index in [0.29, 0.717) is 11.3 Å². The highest BCUT2D eigenvalue weighted by molar-refractivity contribution is 5.95. The molecule has 1 heterocycles. The highest BCUT2D eigenvalue weighted by Gasteiger charge is 2.33. The van der Waals surface area contributed by atoms with Gasteiger partial charge in [-0.3, -0.25) is 0 Å². The molecule has 0 bridgehead atoms. The van der Waals surface area contributed by atoms with Crippen LogP contribution >= 0.6 is 0 Å². The molecule has 3 rings (SSSR count). The summed E-state index contributed by atoms with van der Waals surface area (Å²) in [5, 5.41) is 5.51. The van der Waals surface area contributed by atoms with Crippen LogP contribution in [0.4, 0.5) is 4.79 Å². The molecule has 2 amide bonds. The Morgan fingerprint density at radius 3 is 2.50 bits per heavy atom. The summed E-state index contributed by atoms with van der Waals surface area (Å²) in [6.45, 7) is 5.92. The Balaban J connectivity index is 1.89. The zero-order chi connectivity index (χ0) is 22.9. The zero-order valence-corrected chi connectivity index (χ0v) is 19.0. The molecule has 0 aromatic heterocycles. The molecular weight excluding hydrogens is 400 g/mol. The van der Waals surface area contributed by atoms with Crippen molar-refractivity contribution < 1.29 is 14.3 Å². The van der Waals surface area contributed by atoms with E-state index >= 15 is 0 Å². The fourth-order valence-electron chi connectivity index (χ4n) is 3.74. The van der Waals surface area contributed by atoms with Gasteiger partial charge >= 0.3 is 12.0 Å². The molecule has 0 fully saturated rings. The summed E-state index contributed by atoms with van der Waals surface area (Å²) < 4.78 is 5.23. The molecule has 32 heavy (non-hydrogen) atoms. The molecule has 0 aliphatic carbocycles. The number of unbranched alkanes of at least 4 members (excludes halogenated alkanes) is 2. The monoisotopic (exact) mass is 430 g/mol. The second kappa shape index (κ2) is 11.2. The van der Waals surface area contributed by atoms with E-state index in [9.17, 15) is 9.59 Å². The second-order valence-corrected chi connectivity index (χ2v) is 7.78. The molecule has 2 aromatic rings. The Hall–Kier alpha value is -3.52. The number of carbonyl (C=O) groups excluding carboxylic acids is 2. The van der Waals surface area contributed by atoms with Crippen molar-refractivity contribution in [2.75, 3.05) is 6.61 Å². The van der Waals surface area contributed by atoms with Crippen LogP contribution in [-0.4, -0.2) is 18.6 Å². The number of rotatable bonds is 7. The van der Waals surface area contributed by atoms with Crippen molar-refractivity contribution in [3.8, 4) is 11.8 Å². The van der Waals surface area contributed by atoms with Crippen molar-refractivity contribution in [2.45, 2.75) is 52.5 Å². The van der Waals surface area contributed by atoms with Crippen LogP contribution < -0.4 is 10.6 Å². The van der Waals surface area contributed by atoms with E-state index < -0.39 is 12.0 Å². The van der Waals surface area contributed by atoms with Crippen LogP contribution in [0.15, 0.2) is 59.8 Å². The van der Waals surface area contributed by atoms with Crippen LogP contribution in [0.25, 0.3) is 0 Å². The van der Waals surface area contributed by atoms with Gasteiger partial charge < -0.3 is 15.4 Å². The number of hydrogen-bond acceptors (Lipinski definition) is 3. The van der Waals surface area contributed by atoms with Crippen LogP contribution in [0, 0.1) is 11.8 Å². The standard InChI is InChI=1S/C27H30N2O3/c1-4-6-7-10-20-13-15-21(16-14-20)17-18-22-11-8-9-12-23(22)25-24(26(30)32-5-2)19(3)28-27(31)29-25/h8-9,11-16,25H,4-7,10H2,1-3H3,(H2,28,29,31). The Labute approximate surface area is 190 Å². The van der Waals surface area contributed by atoms with Crippen LogP contribution in [0.3, 0.4) is 0 Å². The van der Waals surface area contributed by atoms with Crippen molar-refractivity contribution in [1.29, 1.82) is 0 Å². The van der Waals surface area contributed by atoms with Gasteiger partial charge in [-0.25, -0.2) is 9.59 Å². The Kier molecular flexibility index (Phi) is 8.10. The number of urea groups is 1. The van der Waals surface area contributed by atoms with Gasteiger partial charge in [-0.1, -0.05) is 61.9 Å². The van der Waals surface area contributed by atoms with Crippen LogP contribution in [0.5, 0.6) is 0 Å². The summed E-state index contributed by atoms with van der Waals surface area (Å²) in [5.74, 6) is 5.98. The number of aryl methyl sites for hydroxylation is 1. The summed E-state index contributed by atoms with van der Waals surface area (Å²) in [7, 11) is 0. The summed E-state index contributed by atoms with van der Waals surface area (Å²) in [4.78, 5) is 24.8. The summed E-state index contributed by atoms with van der Waals surface area (Å²) in [6.07, 6.45) is 4.75. The molecule has 1 aliphatic heterocycles. The van der Waals surface area contributed by atoms with E-state index in [1.807, 2.05) is 36.4 Å². The fourth-order valence-corrected chi connectivity index (χ4v) is 3.74. The SMILES string of the molecule is CCCCCc1ccc(C#Cc2ccccc2C2NC(=O)NC(C)=C2C(=O)OCC)cc1. The Morgan fingerprint density at radius 1 is 1.03 bits per heavy atom. The topological polar surface area (TPSA) is 67.4 Å². The molecule has 1 unspecified atom stereocenters. The number of benzene rings is 2. The summed E-state index contributed by atoms with van der Waals surface area (Å²) >= 11 is 0. The average Bonchev–Trinajstić information content (AvgIpc) is 2.78. The van der Waals surface area contributed by atoms with Gasteiger partial charge in [-0.15, -0.1) is 0 Å². The molecule has 166 valence electrons. The molecule has 0 radical (unpaired) electrons. The summed E-state index contributed by atoms with van der Waals surface area (Å²) in [5.41, 5.74) is 4.62. The highest BCUT2D eigenvalue weighted by atomic mass is 16.5. The molecule has 1 aliphatic rings. The number of carbonyl (C=O) groups is 2. The third-order valence-electron chi connectivity index (χ3n) is 5.40. The van der Waals surface area contributed by atoms with Gasteiger partial charge in [-0.2, -0.15) is 0 Å². The third-order valence-corrected chi connectivity index (χ3v) is 5.40. The first-order valence-electron chi connectivity index (χ1n) is 11.2. The van der Waals surface area contributed by atoms with Gasteiger partial charge in [0.1, 0.15) is 0 Å². The number of nitrogens with one attached hydrogen (secondary N) is 2. The minimum Gasteiger partial charge on any atom is -0.463 e. The van der Waals surface area contributed by atoms with Crippen LogP contribution in [0.1, 0.15) is 68.3 Å². The lowest BCUT2D eigenvalue weighted by Crippen LogP contribution is -2.45. The minimum atomic E-state index is -0.630. The lowest BCUT2D eigenvalue weighted by molar-refractivity contribution is -0.139. The maximum atomic E-state index is 12.6. The zero-order valence-electron chi connectivity index (χ0n) is 19.0. The Morgan fingerprint density at radius 2 is 1.78 bits per heavy atom. The highest BCUT2D eigenvalue weighted by Crippen LogP contribution is 2.29. The van der Waals surface area contributed by atoms with E-state index in [2.05, 4.69) is 41.5 Å². The second-order valence-electron chi connectivity index (χ2n) is 7.78. The molecule has 5 nitrogen and oxygen atoms in total. The van der Waals surface area contributed by atoms with Crippen molar-refractivity contribution in [3.63, 3.8) is 0 Å². The van der Waals surface area contributed by atoms with Gasteiger partial charge in [0.2, 0.25) is 0 Å². The predicted molar refractivity (Wildman–Crippen MR) is 126 cm³/mol.